The van der Waals surface area contributed by atoms with Crippen LogP contribution in [0.3, 0.4) is 0 Å². The summed E-state index contributed by atoms with van der Waals surface area (Å²) in [4.78, 5) is 7.59. The third-order valence-electron chi connectivity index (χ3n) is 2.46. The molecule has 0 radical (unpaired) electrons. The first-order valence-corrected chi connectivity index (χ1v) is 5.61. The normalized spacial score (nSPS) is 10.4. The molecule has 1 aromatic carbocycles. The van der Waals surface area contributed by atoms with Gasteiger partial charge in [-0.3, -0.25) is 0 Å². The van der Waals surface area contributed by atoms with Gasteiger partial charge in [-0.05, 0) is 24.1 Å². The van der Waals surface area contributed by atoms with Crippen LogP contribution in [-0.4, -0.2) is 15.1 Å². The van der Waals surface area contributed by atoms with Gasteiger partial charge in [-0.1, -0.05) is 19.1 Å². The molecule has 0 bridgehead atoms. The van der Waals surface area contributed by atoms with Crippen LogP contribution in [-0.2, 0) is 13.0 Å². The fourth-order valence-electron chi connectivity index (χ4n) is 1.52. The van der Waals surface area contributed by atoms with Crippen molar-refractivity contribution in [2.24, 2.45) is 0 Å². The van der Waals surface area contributed by atoms with E-state index in [-0.39, 0.29) is 12.5 Å². The minimum Gasteiger partial charge on any atom is -0.436 e. The first-order valence-electron chi connectivity index (χ1n) is 5.61. The van der Waals surface area contributed by atoms with Gasteiger partial charge in [0.25, 0.3) is 5.88 Å². The van der Waals surface area contributed by atoms with Crippen LogP contribution in [0.5, 0.6) is 11.6 Å². The summed E-state index contributed by atoms with van der Waals surface area (Å²) in [6.45, 7) is 1.71. The number of aliphatic hydroxyl groups is 1. The molecule has 0 fully saturated rings. The molecule has 94 valence electrons. The number of hydrogen-bond donors (Lipinski definition) is 1. The molecule has 0 aliphatic carbocycles. The predicted molar refractivity (Wildman–Crippen MR) is 63.8 cm³/mol. The lowest BCUT2D eigenvalue weighted by atomic mass is 10.2. The highest BCUT2D eigenvalue weighted by molar-refractivity contribution is 5.32. The van der Waals surface area contributed by atoms with E-state index in [1.807, 2.05) is 6.92 Å². The summed E-state index contributed by atoms with van der Waals surface area (Å²) in [7, 11) is 0. The number of aromatic nitrogens is 2. The molecular weight excluding hydrogens is 235 g/mol. The minimum atomic E-state index is -0.547. The van der Waals surface area contributed by atoms with E-state index in [1.54, 1.807) is 24.3 Å². The Kier molecular flexibility index (Phi) is 3.84. The summed E-state index contributed by atoms with van der Waals surface area (Å²) >= 11 is 0. The molecule has 0 unspecified atom stereocenters. The van der Waals surface area contributed by atoms with Gasteiger partial charge in [0.15, 0.2) is 0 Å². The molecule has 1 heterocycles. The van der Waals surface area contributed by atoms with Crippen LogP contribution in [0.25, 0.3) is 0 Å². The Labute approximate surface area is 104 Å². The summed E-state index contributed by atoms with van der Waals surface area (Å²) in [5.41, 5.74) is 1.01. The van der Waals surface area contributed by atoms with Crippen molar-refractivity contribution >= 4 is 0 Å². The van der Waals surface area contributed by atoms with E-state index >= 15 is 0 Å². The second kappa shape index (κ2) is 5.55. The smallest absolute Gasteiger partial charge is 0.259 e. The van der Waals surface area contributed by atoms with E-state index in [0.717, 1.165) is 0 Å². The quantitative estimate of drug-likeness (QED) is 0.903. The lowest BCUT2D eigenvalue weighted by molar-refractivity contribution is 0.281. The fourth-order valence-corrected chi connectivity index (χ4v) is 1.52. The van der Waals surface area contributed by atoms with Crippen LogP contribution in [0.15, 0.2) is 30.6 Å². The molecule has 0 saturated carbocycles. The second-order valence-corrected chi connectivity index (χ2v) is 3.70. The average molecular weight is 248 g/mol. The van der Waals surface area contributed by atoms with Crippen LogP contribution in [0.2, 0.25) is 0 Å². The van der Waals surface area contributed by atoms with Crippen LogP contribution >= 0.6 is 0 Å². The van der Waals surface area contributed by atoms with E-state index in [9.17, 15) is 4.39 Å². The second-order valence-electron chi connectivity index (χ2n) is 3.70. The van der Waals surface area contributed by atoms with Gasteiger partial charge in [0, 0.05) is 0 Å². The SMILES string of the molecule is CCc1ncnc(Oc2cccc(CO)c2)c1F. The molecule has 5 heteroatoms. The van der Waals surface area contributed by atoms with Gasteiger partial charge in [0.05, 0.1) is 12.3 Å². The Morgan fingerprint density at radius 3 is 2.89 bits per heavy atom. The van der Waals surface area contributed by atoms with Crippen molar-refractivity contribution in [2.75, 3.05) is 0 Å². The maximum absolute atomic E-state index is 13.8. The Morgan fingerprint density at radius 1 is 1.33 bits per heavy atom. The van der Waals surface area contributed by atoms with E-state index in [2.05, 4.69) is 9.97 Å². The number of nitrogens with zero attached hydrogens (tertiary/aromatic N) is 2. The molecule has 0 spiro atoms. The van der Waals surface area contributed by atoms with Gasteiger partial charge in [-0.25, -0.2) is 4.98 Å². The zero-order valence-corrected chi connectivity index (χ0v) is 9.93. The predicted octanol–water partition coefficient (Wildman–Crippen LogP) is 2.46. The van der Waals surface area contributed by atoms with E-state index in [1.165, 1.54) is 6.33 Å². The Balaban J connectivity index is 2.28. The Hall–Kier alpha value is -2.01. The molecule has 18 heavy (non-hydrogen) atoms. The van der Waals surface area contributed by atoms with Crippen LogP contribution in [0, 0.1) is 5.82 Å². The van der Waals surface area contributed by atoms with Gasteiger partial charge < -0.3 is 9.84 Å². The molecular formula is C13H13FN2O2. The van der Waals surface area contributed by atoms with Gasteiger partial charge in [0.2, 0.25) is 5.82 Å². The first-order chi connectivity index (χ1) is 8.74. The van der Waals surface area contributed by atoms with Crippen LogP contribution in [0.4, 0.5) is 4.39 Å². The maximum Gasteiger partial charge on any atom is 0.259 e. The Bertz CT molecular complexity index is 546. The number of rotatable bonds is 4. The average Bonchev–Trinajstić information content (AvgIpc) is 2.41. The summed E-state index contributed by atoms with van der Waals surface area (Å²) in [6.07, 6.45) is 1.74. The van der Waals surface area contributed by atoms with Crippen molar-refractivity contribution in [3.05, 3.63) is 47.7 Å². The van der Waals surface area contributed by atoms with Crippen molar-refractivity contribution in [1.82, 2.24) is 9.97 Å². The Morgan fingerprint density at radius 2 is 2.17 bits per heavy atom. The molecule has 0 saturated heterocycles. The molecule has 2 aromatic rings. The molecule has 1 aromatic heterocycles. The summed E-state index contributed by atoms with van der Waals surface area (Å²) in [5.74, 6) is -0.215. The van der Waals surface area contributed by atoms with Crippen molar-refractivity contribution in [1.29, 1.82) is 0 Å². The lowest BCUT2D eigenvalue weighted by Gasteiger charge is -2.07. The van der Waals surface area contributed by atoms with E-state index in [4.69, 9.17) is 9.84 Å². The maximum atomic E-state index is 13.8. The highest BCUT2D eigenvalue weighted by atomic mass is 19.1. The standard InChI is InChI=1S/C13H13FN2O2/c1-2-11-12(14)13(16-8-15-11)18-10-5-3-4-9(6-10)7-17/h3-6,8,17H,2,7H2,1H3. The molecule has 1 N–H and O–H groups in total. The number of hydrogen-bond acceptors (Lipinski definition) is 4. The summed E-state index contributed by atoms with van der Waals surface area (Å²) in [6, 6.07) is 6.78. The lowest BCUT2D eigenvalue weighted by Crippen LogP contribution is -1.99. The molecule has 0 aliphatic rings. The summed E-state index contributed by atoms with van der Waals surface area (Å²) < 4.78 is 19.2. The zero-order valence-electron chi connectivity index (χ0n) is 9.93. The molecule has 4 nitrogen and oxygen atoms in total. The van der Waals surface area contributed by atoms with Crippen molar-refractivity contribution in [2.45, 2.75) is 20.0 Å². The van der Waals surface area contributed by atoms with Gasteiger partial charge in [-0.2, -0.15) is 9.37 Å². The van der Waals surface area contributed by atoms with E-state index in [0.29, 0.717) is 23.4 Å². The van der Waals surface area contributed by atoms with Crippen molar-refractivity contribution < 1.29 is 14.2 Å². The van der Waals surface area contributed by atoms with Crippen LogP contribution < -0.4 is 4.74 Å². The van der Waals surface area contributed by atoms with E-state index < -0.39 is 5.82 Å². The third-order valence-corrected chi connectivity index (χ3v) is 2.46. The van der Waals surface area contributed by atoms with Crippen LogP contribution in [0.1, 0.15) is 18.2 Å². The monoisotopic (exact) mass is 248 g/mol. The third kappa shape index (κ3) is 2.62. The molecule has 0 aliphatic heterocycles. The summed E-state index contributed by atoms with van der Waals surface area (Å²) in [5, 5.41) is 9.01. The van der Waals surface area contributed by atoms with Gasteiger partial charge in [-0.15, -0.1) is 0 Å². The first kappa shape index (κ1) is 12.4. The fraction of sp³-hybridized carbons (Fsp3) is 0.231. The van der Waals surface area contributed by atoms with Gasteiger partial charge >= 0.3 is 0 Å². The largest absolute Gasteiger partial charge is 0.436 e. The van der Waals surface area contributed by atoms with Crippen molar-refractivity contribution in [3.63, 3.8) is 0 Å². The molecule has 0 amide bonds. The topological polar surface area (TPSA) is 55.2 Å². The molecule has 2 rings (SSSR count). The molecule has 0 atom stereocenters. The minimum absolute atomic E-state index is 0.0936. The number of ether oxygens (including phenoxy) is 1. The number of halogens is 1. The highest BCUT2D eigenvalue weighted by Gasteiger charge is 2.11. The van der Waals surface area contributed by atoms with Gasteiger partial charge in [0.1, 0.15) is 12.1 Å². The number of benzene rings is 1. The van der Waals surface area contributed by atoms with Crippen molar-refractivity contribution in [3.8, 4) is 11.6 Å². The highest BCUT2D eigenvalue weighted by Crippen LogP contribution is 2.24. The number of aliphatic hydroxyl groups excluding tert-OH is 1. The number of aryl methyl sites for hydroxylation is 1. The zero-order chi connectivity index (χ0) is 13.0.